The van der Waals surface area contributed by atoms with Crippen molar-refractivity contribution in [3.05, 3.63) is 59.2 Å². The highest BCUT2D eigenvalue weighted by Gasteiger charge is 2.31. The number of nitrogens with one attached hydrogen (secondary N) is 1. The molecule has 0 saturated heterocycles. The van der Waals surface area contributed by atoms with E-state index < -0.39 is 0 Å². The number of phenolic OH excluding ortho intramolecular Hbond substituents is 2. The molecule has 1 aromatic heterocycles. The summed E-state index contributed by atoms with van der Waals surface area (Å²) in [7, 11) is 0. The van der Waals surface area contributed by atoms with Gasteiger partial charge in [0.1, 0.15) is 22.5 Å². The minimum Gasteiger partial charge on any atom is -0.507 e. The van der Waals surface area contributed by atoms with E-state index in [-0.39, 0.29) is 27.7 Å². The average Bonchev–Trinajstić information content (AvgIpc) is 3.22. The highest BCUT2D eigenvalue weighted by Crippen LogP contribution is 2.49. The van der Waals surface area contributed by atoms with Gasteiger partial charge < -0.3 is 10.2 Å². The summed E-state index contributed by atoms with van der Waals surface area (Å²) in [5.74, 6) is 0.335. The first-order valence-corrected chi connectivity index (χ1v) is 12.6. The Labute approximate surface area is 214 Å². The maximum atomic E-state index is 11.8. The molecule has 0 aliphatic rings. The van der Waals surface area contributed by atoms with Gasteiger partial charge in [-0.25, -0.2) is 0 Å². The number of para-hydroxylation sites is 1. The van der Waals surface area contributed by atoms with E-state index in [0.717, 1.165) is 34.2 Å². The molecule has 4 aromatic rings. The molecule has 5 nitrogen and oxygen atoms in total. The molecule has 0 atom stereocenters. The topological polar surface area (TPSA) is 82.0 Å². The lowest BCUT2D eigenvalue weighted by Crippen LogP contribution is -2.25. The van der Waals surface area contributed by atoms with Crippen molar-refractivity contribution in [1.82, 2.24) is 15.4 Å². The summed E-state index contributed by atoms with van der Waals surface area (Å²) in [6.45, 7) is 19.5. The number of aromatic nitrogens is 3. The molecule has 190 valence electrons. The quantitative estimate of drug-likeness (QED) is 0.273. The molecule has 4 rings (SSSR count). The van der Waals surface area contributed by atoms with Crippen molar-refractivity contribution in [3.8, 4) is 33.8 Å². The van der Waals surface area contributed by atoms with Crippen LogP contribution in [0, 0.1) is 12.3 Å². The van der Waals surface area contributed by atoms with Crippen molar-refractivity contribution in [1.29, 1.82) is 0 Å². The van der Waals surface area contributed by atoms with Gasteiger partial charge >= 0.3 is 0 Å². The van der Waals surface area contributed by atoms with Crippen molar-refractivity contribution >= 4 is 11.0 Å². The predicted molar refractivity (Wildman–Crippen MR) is 149 cm³/mol. The number of rotatable bonds is 4. The number of aromatic hydroxyl groups is 2. The molecule has 3 aromatic carbocycles. The van der Waals surface area contributed by atoms with Crippen molar-refractivity contribution in [2.24, 2.45) is 5.41 Å². The van der Waals surface area contributed by atoms with Gasteiger partial charge in [-0.3, -0.25) is 0 Å². The smallest absolute Gasteiger partial charge is 0.131 e. The first-order chi connectivity index (χ1) is 16.6. The molecular formula is C31H39N3O2. The van der Waals surface area contributed by atoms with E-state index in [9.17, 15) is 10.2 Å². The second-order valence-corrected chi connectivity index (χ2v) is 13.0. The number of hydrogen-bond acceptors (Lipinski definition) is 4. The van der Waals surface area contributed by atoms with E-state index in [1.54, 1.807) is 0 Å². The van der Waals surface area contributed by atoms with Gasteiger partial charge in [0.2, 0.25) is 0 Å². The minimum absolute atomic E-state index is 0.110. The van der Waals surface area contributed by atoms with Crippen LogP contribution in [0.15, 0.2) is 42.5 Å². The van der Waals surface area contributed by atoms with Gasteiger partial charge in [-0.1, -0.05) is 73.6 Å². The third-order valence-electron chi connectivity index (χ3n) is 6.85. The molecule has 5 heteroatoms. The van der Waals surface area contributed by atoms with E-state index in [2.05, 4.69) is 82.9 Å². The van der Waals surface area contributed by atoms with E-state index in [1.807, 2.05) is 37.3 Å². The highest BCUT2D eigenvalue weighted by atomic mass is 16.3. The van der Waals surface area contributed by atoms with E-state index in [4.69, 9.17) is 0 Å². The zero-order valence-electron chi connectivity index (χ0n) is 23.0. The lowest BCUT2D eigenvalue weighted by Gasteiger charge is -2.34. The van der Waals surface area contributed by atoms with Crippen LogP contribution in [0.25, 0.3) is 33.3 Å². The second-order valence-electron chi connectivity index (χ2n) is 13.0. The lowest BCUT2D eigenvalue weighted by atomic mass is 9.71. The number of hydrogen-bond donors (Lipinski definition) is 3. The zero-order valence-corrected chi connectivity index (χ0v) is 23.0. The number of nitrogens with zero attached hydrogens (tertiary/aromatic N) is 2. The Hall–Kier alpha value is -3.34. The Morgan fingerprint density at radius 1 is 0.750 bits per heavy atom. The summed E-state index contributed by atoms with van der Waals surface area (Å²) in [5.41, 5.74) is 6.85. The fourth-order valence-electron chi connectivity index (χ4n) is 5.50. The Bertz CT molecular complexity index is 1430. The third-order valence-corrected chi connectivity index (χ3v) is 6.85. The highest BCUT2D eigenvalue weighted by molar-refractivity contribution is 5.96. The summed E-state index contributed by atoms with van der Waals surface area (Å²) in [5, 5.41) is 34.5. The molecule has 0 radical (unpaired) electrons. The maximum Gasteiger partial charge on any atom is 0.131 e. The van der Waals surface area contributed by atoms with Gasteiger partial charge in [0.05, 0.1) is 0 Å². The van der Waals surface area contributed by atoms with Gasteiger partial charge in [0.15, 0.2) is 0 Å². The van der Waals surface area contributed by atoms with Crippen LogP contribution in [-0.4, -0.2) is 25.6 Å². The molecule has 1 heterocycles. The van der Waals surface area contributed by atoms with E-state index >= 15 is 0 Å². The lowest BCUT2D eigenvalue weighted by molar-refractivity contribution is 0.284. The summed E-state index contributed by atoms with van der Waals surface area (Å²) in [6.07, 6.45) is 0.949. The van der Waals surface area contributed by atoms with Gasteiger partial charge in [-0.2, -0.15) is 15.4 Å². The van der Waals surface area contributed by atoms with E-state index in [1.165, 1.54) is 0 Å². The summed E-state index contributed by atoms with van der Waals surface area (Å²) in [6, 6.07) is 13.9. The fraction of sp³-hybridized carbons (Fsp3) is 0.419. The van der Waals surface area contributed by atoms with Crippen LogP contribution < -0.4 is 0 Å². The van der Waals surface area contributed by atoms with Gasteiger partial charge in [0, 0.05) is 27.8 Å². The number of aryl methyl sites for hydroxylation is 1. The third kappa shape index (κ3) is 4.84. The molecule has 0 unspecified atom stereocenters. The number of phenols is 2. The van der Waals surface area contributed by atoms with Crippen LogP contribution in [0.3, 0.4) is 0 Å². The number of aromatic amines is 1. The van der Waals surface area contributed by atoms with Crippen LogP contribution in [0.4, 0.5) is 0 Å². The molecule has 0 aliphatic carbocycles. The van der Waals surface area contributed by atoms with Crippen LogP contribution >= 0.6 is 0 Å². The average molecular weight is 486 g/mol. The molecule has 0 amide bonds. The Morgan fingerprint density at radius 3 is 1.97 bits per heavy atom. The number of H-pyrrole nitrogens is 1. The van der Waals surface area contributed by atoms with Crippen molar-refractivity contribution in [2.75, 3.05) is 0 Å². The second kappa shape index (κ2) is 8.65. The SMILES string of the molecule is Cc1cc(-c2cc(C(C)(C)CC(C)(C)C)cc(-c3cccc4n[nH]nc34)c2O)c(O)c(C(C)(C)C)c1. The van der Waals surface area contributed by atoms with Crippen molar-refractivity contribution in [3.63, 3.8) is 0 Å². The van der Waals surface area contributed by atoms with E-state index in [0.29, 0.717) is 22.2 Å². The van der Waals surface area contributed by atoms with Crippen molar-refractivity contribution in [2.45, 2.75) is 79.6 Å². The zero-order chi connectivity index (χ0) is 26.6. The molecule has 3 N–H and O–H groups in total. The Kier molecular flexibility index (Phi) is 6.19. The Balaban J connectivity index is 2.08. The molecule has 0 aliphatic heterocycles. The first-order valence-electron chi connectivity index (χ1n) is 12.6. The standard InChI is InChI=1S/C31H39N3O2/c1-18-13-21(28(36)24(14-18)30(5,6)7)23-16-19(31(8,9)17-29(2,3)4)15-22(27(23)35)20-11-10-12-25-26(20)33-34-32-25/h10-16,35-36H,17H2,1-9H3,(H,32,33,34). The predicted octanol–water partition coefficient (Wildman–Crippen LogP) is 8.02. The maximum absolute atomic E-state index is 11.8. The molecular weight excluding hydrogens is 446 g/mol. The Morgan fingerprint density at radius 2 is 1.36 bits per heavy atom. The fourth-order valence-corrected chi connectivity index (χ4v) is 5.50. The molecule has 0 spiro atoms. The monoisotopic (exact) mass is 485 g/mol. The summed E-state index contributed by atoms with van der Waals surface area (Å²) in [4.78, 5) is 0. The van der Waals surface area contributed by atoms with Crippen LogP contribution in [0.1, 0.15) is 78.5 Å². The van der Waals surface area contributed by atoms with Crippen molar-refractivity contribution < 1.29 is 10.2 Å². The first kappa shape index (κ1) is 25.7. The largest absolute Gasteiger partial charge is 0.507 e. The van der Waals surface area contributed by atoms with Gasteiger partial charge in [-0.15, -0.1) is 0 Å². The molecule has 0 bridgehead atoms. The van der Waals surface area contributed by atoms with Gasteiger partial charge in [-0.05, 0) is 65.0 Å². The summed E-state index contributed by atoms with van der Waals surface area (Å²) < 4.78 is 0. The normalized spacial score (nSPS) is 12.9. The number of benzene rings is 3. The molecule has 36 heavy (non-hydrogen) atoms. The van der Waals surface area contributed by atoms with Crippen LogP contribution in [-0.2, 0) is 10.8 Å². The molecule has 0 saturated carbocycles. The van der Waals surface area contributed by atoms with Crippen LogP contribution in [0.2, 0.25) is 0 Å². The summed E-state index contributed by atoms with van der Waals surface area (Å²) >= 11 is 0. The minimum atomic E-state index is -0.251. The molecule has 0 fully saturated rings. The van der Waals surface area contributed by atoms with Crippen LogP contribution in [0.5, 0.6) is 11.5 Å². The van der Waals surface area contributed by atoms with Gasteiger partial charge in [0.25, 0.3) is 0 Å². The number of fused-ring (bicyclic) bond motifs is 1.